The Bertz CT molecular complexity index is 513. The molecule has 0 aromatic heterocycles. The number of aryl methyl sites for hydroxylation is 1. The van der Waals surface area contributed by atoms with Gasteiger partial charge in [0.2, 0.25) is 0 Å². The number of rotatable bonds is 6. The molecule has 0 aliphatic rings. The number of hydrogen-bond acceptors (Lipinski definition) is 5. The van der Waals surface area contributed by atoms with E-state index in [0.717, 1.165) is 5.56 Å². The summed E-state index contributed by atoms with van der Waals surface area (Å²) >= 11 is 0. The van der Waals surface area contributed by atoms with E-state index in [2.05, 4.69) is 0 Å². The molecule has 1 atom stereocenters. The van der Waals surface area contributed by atoms with Crippen molar-refractivity contribution in [1.82, 2.24) is 5.32 Å². The highest BCUT2D eigenvalue weighted by atomic mass is 16.5. The van der Waals surface area contributed by atoms with E-state index in [1.54, 1.807) is 12.1 Å². The monoisotopic (exact) mass is 294 g/mol. The van der Waals surface area contributed by atoms with Gasteiger partial charge in [0.1, 0.15) is 5.75 Å². The maximum Gasteiger partial charge on any atom is 0.318 e. The number of hydrogen-bond donors (Lipinski definition) is 2. The van der Waals surface area contributed by atoms with Crippen LogP contribution in [0.3, 0.4) is 0 Å². The number of esters is 1. The van der Waals surface area contributed by atoms with Crippen molar-refractivity contribution in [2.45, 2.75) is 26.4 Å². The first-order valence-electron chi connectivity index (χ1n) is 6.37. The van der Waals surface area contributed by atoms with Crippen LogP contribution in [0, 0.1) is 6.92 Å². The number of carbonyl (C=O) groups is 3. The third-order valence-electron chi connectivity index (χ3n) is 2.52. The maximum absolute atomic E-state index is 11.5. The van der Waals surface area contributed by atoms with Gasteiger partial charge in [-0.05, 0) is 26.0 Å². The third kappa shape index (κ3) is 6.42. The Balaban J connectivity index is 2.29. The Morgan fingerprint density at radius 3 is 2.43 bits per heavy atom. The van der Waals surface area contributed by atoms with E-state index in [1.165, 1.54) is 6.92 Å². The normalized spacial score (nSPS) is 11.3. The summed E-state index contributed by atoms with van der Waals surface area (Å²) in [5.74, 6) is -0.725. The summed E-state index contributed by atoms with van der Waals surface area (Å²) in [5, 5.41) is 1.83. The van der Waals surface area contributed by atoms with Crippen molar-refractivity contribution >= 4 is 17.9 Å². The molecule has 0 radical (unpaired) electrons. The molecule has 0 aliphatic heterocycles. The van der Waals surface area contributed by atoms with Crippen LogP contribution < -0.4 is 15.8 Å². The van der Waals surface area contributed by atoms with E-state index >= 15 is 0 Å². The quantitative estimate of drug-likeness (QED) is 0.757. The van der Waals surface area contributed by atoms with Gasteiger partial charge in [-0.15, -0.1) is 0 Å². The minimum atomic E-state index is -1.09. The molecular weight excluding hydrogens is 276 g/mol. The Labute approximate surface area is 122 Å². The molecule has 7 heteroatoms. The largest absolute Gasteiger partial charge is 0.493 e. The van der Waals surface area contributed by atoms with Gasteiger partial charge in [0.15, 0.2) is 6.10 Å². The fraction of sp³-hybridized carbons (Fsp3) is 0.357. The van der Waals surface area contributed by atoms with Gasteiger partial charge < -0.3 is 15.2 Å². The van der Waals surface area contributed by atoms with Crippen LogP contribution in [-0.2, 0) is 14.3 Å². The minimum absolute atomic E-state index is 0.0118. The second-order valence-corrected chi connectivity index (χ2v) is 4.40. The lowest BCUT2D eigenvalue weighted by Crippen LogP contribution is -2.42. The van der Waals surface area contributed by atoms with Crippen LogP contribution in [-0.4, -0.2) is 30.6 Å². The van der Waals surface area contributed by atoms with Crippen molar-refractivity contribution in [1.29, 1.82) is 0 Å². The van der Waals surface area contributed by atoms with E-state index in [1.807, 2.05) is 24.4 Å². The van der Waals surface area contributed by atoms with Crippen molar-refractivity contribution in [2.75, 3.05) is 6.61 Å². The molecule has 1 rings (SSSR count). The average molecular weight is 294 g/mol. The van der Waals surface area contributed by atoms with Gasteiger partial charge in [-0.1, -0.05) is 17.7 Å². The van der Waals surface area contributed by atoms with Gasteiger partial charge in [0, 0.05) is 0 Å². The second kappa shape index (κ2) is 7.88. The van der Waals surface area contributed by atoms with Gasteiger partial charge >= 0.3 is 12.0 Å². The van der Waals surface area contributed by atoms with Crippen LogP contribution in [0.2, 0.25) is 0 Å². The molecule has 0 unspecified atom stereocenters. The molecule has 3 N–H and O–H groups in total. The second-order valence-electron chi connectivity index (χ2n) is 4.40. The topological polar surface area (TPSA) is 108 Å². The number of amides is 3. The molecule has 1 aromatic carbocycles. The average Bonchev–Trinajstić information content (AvgIpc) is 2.40. The van der Waals surface area contributed by atoms with Crippen molar-refractivity contribution in [3.05, 3.63) is 29.8 Å². The molecule has 7 nitrogen and oxygen atoms in total. The Morgan fingerprint density at radius 1 is 1.24 bits per heavy atom. The smallest absolute Gasteiger partial charge is 0.318 e. The molecular formula is C14H18N2O5. The van der Waals surface area contributed by atoms with Crippen LogP contribution in [0.1, 0.15) is 18.9 Å². The van der Waals surface area contributed by atoms with Crippen LogP contribution in [0.25, 0.3) is 0 Å². The van der Waals surface area contributed by atoms with Crippen LogP contribution in [0.5, 0.6) is 5.75 Å². The number of primary amides is 1. The predicted molar refractivity (Wildman–Crippen MR) is 74.6 cm³/mol. The fourth-order valence-corrected chi connectivity index (χ4v) is 1.42. The molecule has 114 valence electrons. The summed E-state index contributed by atoms with van der Waals surface area (Å²) in [5.41, 5.74) is 5.89. The van der Waals surface area contributed by atoms with E-state index in [4.69, 9.17) is 15.2 Å². The predicted octanol–water partition coefficient (Wildman–Crippen LogP) is 0.891. The molecule has 1 aromatic rings. The van der Waals surface area contributed by atoms with Crippen molar-refractivity contribution in [3.63, 3.8) is 0 Å². The first-order chi connectivity index (χ1) is 9.88. The first kappa shape index (κ1) is 16.5. The molecule has 0 fully saturated rings. The highest BCUT2D eigenvalue weighted by Gasteiger charge is 2.18. The van der Waals surface area contributed by atoms with Gasteiger partial charge in [0.05, 0.1) is 13.0 Å². The van der Waals surface area contributed by atoms with Gasteiger partial charge in [-0.2, -0.15) is 0 Å². The number of nitrogens with one attached hydrogen (secondary N) is 1. The van der Waals surface area contributed by atoms with E-state index < -0.39 is 24.0 Å². The molecule has 21 heavy (non-hydrogen) atoms. The molecule has 0 bridgehead atoms. The zero-order valence-electron chi connectivity index (χ0n) is 11.9. The number of imide groups is 1. The molecule has 0 saturated heterocycles. The van der Waals surface area contributed by atoms with Crippen molar-refractivity contribution < 1.29 is 23.9 Å². The van der Waals surface area contributed by atoms with Crippen molar-refractivity contribution in [2.24, 2.45) is 5.73 Å². The van der Waals surface area contributed by atoms with Crippen LogP contribution >= 0.6 is 0 Å². The molecule has 0 heterocycles. The number of ether oxygens (including phenoxy) is 2. The Morgan fingerprint density at radius 2 is 1.86 bits per heavy atom. The van der Waals surface area contributed by atoms with E-state index in [9.17, 15) is 14.4 Å². The molecule has 0 aliphatic carbocycles. The number of urea groups is 1. The summed E-state index contributed by atoms with van der Waals surface area (Å²) in [6.07, 6.45) is -1.11. The van der Waals surface area contributed by atoms with Crippen molar-refractivity contribution in [3.8, 4) is 5.75 Å². The Hall–Kier alpha value is -2.57. The maximum atomic E-state index is 11.5. The SMILES string of the molecule is Cc1ccc(OCCC(=O)O[C@@H](C)C(=O)NC(N)=O)cc1. The van der Waals surface area contributed by atoms with Crippen LogP contribution in [0.4, 0.5) is 4.79 Å². The van der Waals surface area contributed by atoms with Crippen LogP contribution in [0.15, 0.2) is 24.3 Å². The fourth-order valence-electron chi connectivity index (χ4n) is 1.42. The van der Waals surface area contributed by atoms with E-state index in [0.29, 0.717) is 5.75 Å². The first-order valence-corrected chi connectivity index (χ1v) is 6.37. The number of nitrogens with two attached hydrogens (primary N) is 1. The highest BCUT2D eigenvalue weighted by Crippen LogP contribution is 2.11. The highest BCUT2D eigenvalue weighted by molar-refractivity contribution is 5.96. The lowest BCUT2D eigenvalue weighted by molar-refractivity contribution is -0.154. The summed E-state index contributed by atoms with van der Waals surface area (Å²) in [4.78, 5) is 33.3. The zero-order chi connectivity index (χ0) is 15.8. The number of benzene rings is 1. The van der Waals surface area contributed by atoms with Gasteiger partial charge in [-0.3, -0.25) is 14.9 Å². The zero-order valence-corrected chi connectivity index (χ0v) is 11.9. The summed E-state index contributed by atoms with van der Waals surface area (Å²) < 4.78 is 10.2. The standard InChI is InChI=1S/C14H18N2O5/c1-9-3-5-11(6-4-9)20-8-7-12(17)21-10(2)13(18)16-14(15)19/h3-6,10H,7-8H2,1-2H3,(H3,15,16,18,19)/t10-/m0/s1. The molecule has 0 spiro atoms. The Kier molecular flexibility index (Phi) is 6.19. The third-order valence-corrected chi connectivity index (χ3v) is 2.52. The summed E-state index contributed by atoms with van der Waals surface area (Å²) in [7, 11) is 0. The molecule has 0 saturated carbocycles. The van der Waals surface area contributed by atoms with E-state index in [-0.39, 0.29) is 13.0 Å². The minimum Gasteiger partial charge on any atom is -0.493 e. The summed E-state index contributed by atoms with van der Waals surface area (Å²) in [6.45, 7) is 3.43. The molecule has 3 amide bonds. The van der Waals surface area contributed by atoms with Gasteiger partial charge in [-0.25, -0.2) is 4.79 Å². The number of carbonyl (C=O) groups excluding carboxylic acids is 3. The lowest BCUT2D eigenvalue weighted by atomic mass is 10.2. The lowest BCUT2D eigenvalue weighted by Gasteiger charge is -2.12. The van der Waals surface area contributed by atoms with Gasteiger partial charge in [0.25, 0.3) is 5.91 Å². The summed E-state index contributed by atoms with van der Waals surface area (Å²) in [6, 6.07) is 6.38.